The summed E-state index contributed by atoms with van der Waals surface area (Å²) >= 11 is 0. The highest BCUT2D eigenvalue weighted by atomic mass is 16.5. The van der Waals surface area contributed by atoms with E-state index in [2.05, 4.69) is 39.8 Å². The molecule has 0 saturated carbocycles. The lowest BCUT2D eigenvalue weighted by Crippen LogP contribution is -2.23. The fourth-order valence-electron chi connectivity index (χ4n) is 2.47. The molecule has 2 nitrogen and oxygen atoms in total. The molecular weight excluding hydrogens is 222 g/mol. The van der Waals surface area contributed by atoms with Gasteiger partial charge in [0, 0.05) is 0 Å². The fraction of sp³-hybridized carbons (Fsp3) is 0.562. The van der Waals surface area contributed by atoms with Gasteiger partial charge >= 0.3 is 0 Å². The first-order valence-electron chi connectivity index (χ1n) is 6.61. The summed E-state index contributed by atoms with van der Waals surface area (Å²) < 4.78 is 5.42. The van der Waals surface area contributed by atoms with Crippen LogP contribution in [0.3, 0.4) is 0 Å². The lowest BCUT2D eigenvalue weighted by atomic mass is 9.75. The van der Waals surface area contributed by atoms with Crippen LogP contribution in [0.25, 0.3) is 0 Å². The highest BCUT2D eigenvalue weighted by molar-refractivity contribution is 5.47. The smallest absolute Gasteiger partial charge is 0.122 e. The summed E-state index contributed by atoms with van der Waals surface area (Å²) in [4.78, 5) is 0. The molecule has 0 aliphatic rings. The van der Waals surface area contributed by atoms with Crippen LogP contribution in [0.4, 0.5) is 0 Å². The van der Waals surface area contributed by atoms with Gasteiger partial charge in [0.2, 0.25) is 0 Å². The largest absolute Gasteiger partial charge is 0.496 e. The molecular formula is C16H23NO. The van der Waals surface area contributed by atoms with Crippen molar-refractivity contribution in [2.45, 2.75) is 52.4 Å². The molecule has 0 aliphatic carbocycles. The molecule has 0 fully saturated rings. The van der Waals surface area contributed by atoms with Crippen molar-refractivity contribution in [2.24, 2.45) is 0 Å². The van der Waals surface area contributed by atoms with Crippen molar-refractivity contribution in [3.63, 3.8) is 0 Å². The minimum Gasteiger partial charge on any atom is -0.496 e. The Morgan fingerprint density at radius 2 is 1.94 bits per heavy atom. The number of aryl methyl sites for hydroxylation is 1. The Morgan fingerprint density at radius 1 is 1.28 bits per heavy atom. The average molecular weight is 245 g/mol. The van der Waals surface area contributed by atoms with E-state index in [1.807, 2.05) is 6.07 Å². The Balaban J connectivity index is 3.39. The van der Waals surface area contributed by atoms with Gasteiger partial charge in [-0.15, -0.1) is 0 Å². The molecule has 0 amide bonds. The van der Waals surface area contributed by atoms with Gasteiger partial charge in [-0.05, 0) is 49.4 Å². The molecule has 2 heteroatoms. The molecule has 1 unspecified atom stereocenters. The minimum atomic E-state index is -0.375. The van der Waals surface area contributed by atoms with E-state index >= 15 is 0 Å². The zero-order chi connectivity index (χ0) is 13.8. The molecule has 1 atom stereocenters. The average Bonchev–Trinajstić information content (AvgIpc) is 2.39. The van der Waals surface area contributed by atoms with Gasteiger partial charge in [0.05, 0.1) is 18.6 Å². The van der Waals surface area contributed by atoms with Gasteiger partial charge in [0.25, 0.3) is 0 Å². The predicted molar refractivity (Wildman–Crippen MR) is 75.0 cm³/mol. The van der Waals surface area contributed by atoms with Crippen LogP contribution in [-0.4, -0.2) is 7.11 Å². The van der Waals surface area contributed by atoms with E-state index in [-0.39, 0.29) is 5.41 Å². The van der Waals surface area contributed by atoms with Crippen LogP contribution in [0.2, 0.25) is 0 Å². The number of hydrogen-bond donors (Lipinski definition) is 0. The standard InChI is InChI=1S/C16H23NO/c1-6-8-16(7-2,11-17)14-9-12(3)13(4)15(10-14)18-5/h9-10H,6-8H2,1-5H3. The first kappa shape index (κ1) is 14.6. The van der Waals surface area contributed by atoms with Crippen LogP contribution < -0.4 is 4.74 Å². The molecule has 0 bridgehead atoms. The van der Waals surface area contributed by atoms with Crippen LogP contribution in [0, 0.1) is 25.2 Å². The Hall–Kier alpha value is -1.49. The number of hydrogen-bond acceptors (Lipinski definition) is 2. The minimum absolute atomic E-state index is 0.375. The third-order valence-electron chi connectivity index (χ3n) is 3.89. The van der Waals surface area contributed by atoms with Gasteiger partial charge in [0.15, 0.2) is 0 Å². The maximum Gasteiger partial charge on any atom is 0.122 e. The summed E-state index contributed by atoms with van der Waals surface area (Å²) in [5, 5.41) is 9.59. The van der Waals surface area contributed by atoms with Crippen molar-refractivity contribution in [1.29, 1.82) is 5.26 Å². The number of nitrogens with zero attached hydrogens (tertiary/aromatic N) is 1. The Morgan fingerprint density at radius 3 is 2.39 bits per heavy atom. The molecule has 0 aromatic heterocycles. The number of nitriles is 1. The lowest BCUT2D eigenvalue weighted by Gasteiger charge is -2.26. The van der Waals surface area contributed by atoms with Gasteiger partial charge in [-0.2, -0.15) is 5.26 Å². The van der Waals surface area contributed by atoms with Gasteiger partial charge in [-0.1, -0.05) is 26.3 Å². The lowest BCUT2D eigenvalue weighted by molar-refractivity contribution is 0.407. The summed E-state index contributed by atoms with van der Waals surface area (Å²) in [5.41, 5.74) is 3.06. The van der Waals surface area contributed by atoms with Crippen molar-refractivity contribution in [2.75, 3.05) is 7.11 Å². The van der Waals surface area contributed by atoms with E-state index < -0.39 is 0 Å². The van der Waals surface area contributed by atoms with Gasteiger partial charge in [-0.25, -0.2) is 0 Å². The normalized spacial score (nSPS) is 13.8. The number of rotatable bonds is 5. The number of ether oxygens (including phenoxy) is 1. The van der Waals surface area contributed by atoms with Crippen LogP contribution >= 0.6 is 0 Å². The summed E-state index contributed by atoms with van der Waals surface area (Å²) in [7, 11) is 1.69. The topological polar surface area (TPSA) is 33.0 Å². The van der Waals surface area contributed by atoms with Crippen molar-refractivity contribution in [1.82, 2.24) is 0 Å². The molecule has 18 heavy (non-hydrogen) atoms. The second-order valence-corrected chi connectivity index (χ2v) is 4.92. The summed E-state index contributed by atoms with van der Waals surface area (Å²) in [5.74, 6) is 0.883. The molecule has 0 radical (unpaired) electrons. The quantitative estimate of drug-likeness (QED) is 0.775. The van der Waals surface area contributed by atoms with Crippen LogP contribution in [0.15, 0.2) is 12.1 Å². The highest BCUT2D eigenvalue weighted by Gasteiger charge is 2.30. The molecule has 0 heterocycles. The van der Waals surface area contributed by atoms with Crippen LogP contribution in [0.5, 0.6) is 5.75 Å². The Kier molecular flexibility index (Phi) is 4.78. The van der Waals surface area contributed by atoms with Crippen molar-refractivity contribution in [3.05, 3.63) is 28.8 Å². The molecule has 0 spiro atoms. The van der Waals surface area contributed by atoms with Crippen molar-refractivity contribution >= 4 is 0 Å². The third-order valence-corrected chi connectivity index (χ3v) is 3.89. The molecule has 98 valence electrons. The van der Waals surface area contributed by atoms with E-state index in [4.69, 9.17) is 4.74 Å². The molecule has 0 aliphatic heterocycles. The zero-order valence-corrected chi connectivity index (χ0v) is 12.1. The second-order valence-electron chi connectivity index (χ2n) is 4.92. The molecule has 0 saturated heterocycles. The van der Waals surface area contributed by atoms with E-state index in [0.717, 1.165) is 36.1 Å². The van der Waals surface area contributed by atoms with Gasteiger partial charge in [-0.3, -0.25) is 0 Å². The summed E-state index contributed by atoms with van der Waals surface area (Å²) in [6.07, 6.45) is 2.74. The Labute approximate surface area is 111 Å². The van der Waals surface area contributed by atoms with Gasteiger partial charge in [0.1, 0.15) is 5.75 Å². The maximum absolute atomic E-state index is 9.59. The van der Waals surface area contributed by atoms with E-state index in [1.54, 1.807) is 7.11 Å². The molecule has 1 aromatic carbocycles. The van der Waals surface area contributed by atoms with Crippen LogP contribution in [0.1, 0.15) is 49.8 Å². The Bertz CT molecular complexity index is 459. The summed E-state index contributed by atoms with van der Waals surface area (Å²) in [6, 6.07) is 6.70. The zero-order valence-electron chi connectivity index (χ0n) is 12.1. The first-order valence-corrected chi connectivity index (χ1v) is 6.61. The monoisotopic (exact) mass is 245 g/mol. The number of methoxy groups -OCH3 is 1. The van der Waals surface area contributed by atoms with Crippen LogP contribution in [-0.2, 0) is 5.41 Å². The predicted octanol–water partition coefficient (Wildman–Crippen LogP) is 4.28. The molecule has 0 N–H and O–H groups in total. The number of benzene rings is 1. The third kappa shape index (κ3) is 2.51. The summed E-state index contributed by atoms with van der Waals surface area (Å²) in [6.45, 7) is 8.34. The van der Waals surface area contributed by atoms with E-state index in [0.29, 0.717) is 0 Å². The molecule has 1 aromatic rings. The first-order chi connectivity index (χ1) is 8.54. The van der Waals surface area contributed by atoms with Crippen molar-refractivity contribution in [3.8, 4) is 11.8 Å². The SMILES string of the molecule is CCCC(C#N)(CC)c1cc(C)c(C)c(OC)c1. The van der Waals surface area contributed by atoms with E-state index in [1.165, 1.54) is 5.56 Å². The van der Waals surface area contributed by atoms with Gasteiger partial charge < -0.3 is 4.74 Å². The second kappa shape index (κ2) is 5.91. The maximum atomic E-state index is 9.59. The molecule has 1 rings (SSSR count). The van der Waals surface area contributed by atoms with Crippen molar-refractivity contribution < 1.29 is 4.74 Å². The van der Waals surface area contributed by atoms with E-state index in [9.17, 15) is 5.26 Å². The highest BCUT2D eigenvalue weighted by Crippen LogP contribution is 2.36. The fourth-order valence-corrected chi connectivity index (χ4v) is 2.47.